The SMILES string of the molecule is CNC(CN1CCC(Cc2ccccc2)CC1)C1CC1. The first-order valence-electron chi connectivity index (χ1n) is 8.28. The van der Waals surface area contributed by atoms with E-state index in [0.29, 0.717) is 0 Å². The second-order valence-corrected chi connectivity index (χ2v) is 6.67. The van der Waals surface area contributed by atoms with Gasteiger partial charge in [-0.05, 0) is 69.6 Å². The van der Waals surface area contributed by atoms with Crippen LogP contribution in [0.1, 0.15) is 31.2 Å². The van der Waals surface area contributed by atoms with Crippen LogP contribution in [0.4, 0.5) is 0 Å². The minimum absolute atomic E-state index is 0.737. The summed E-state index contributed by atoms with van der Waals surface area (Å²) in [7, 11) is 2.13. The molecule has 1 N–H and O–H groups in total. The fraction of sp³-hybridized carbons (Fsp3) is 0.667. The van der Waals surface area contributed by atoms with E-state index in [2.05, 4.69) is 47.6 Å². The molecule has 2 heteroatoms. The Morgan fingerprint density at radius 3 is 2.40 bits per heavy atom. The zero-order chi connectivity index (χ0) is 13.8. The van der Waals surface area contributed by atoms with Crippen LogP contribution in [0.15, 0.2) is 30.3 Å². The summed E-state index contributed by atoms with van der Waals surface area (Å²) in [5.74, 6) is 1.85. The van der Waals surface area contributed by atoms with Gasteiger partial charge < -0.3 is 10.2 Å². The summed E-state index contributed by atoms with van der Waals surface area (Å²) in [6.45, 7) is 3.85. The third kappa shape index (κ3) is 3.83. The van der Waals surface area contributed by atoms with Crippen LogP contribution in [0, 0.1) is 11.8 Å². The highest BCUT2D eigenvalue weighted by Gasteiger charge is 2.32. The molecule has 1 aromatic rings. The molecule has 0 aromatic heterocycles. The third-order valence-corrected chi connectivity index (χ3v) is 5.09. The molecule has 1 unspecified atom stereocenters. The molecule has 0 amide bonds. The van der Waals surface area contributed by atoms with Crippen molar-refractivity contribution < 1.29 is 0 Å². The van der Waals surface area contributed by atoms with Crippen molar-refractivity contribution >= 4 is 0 Å². The second kappa shape index (κ2) is 6.73. The Balaban J connectivity index is 1.42. The molecule has 110 valence electrons. The van der Waals surface area contributed by atoms with Crippen molar-refractivity contribution in [3.8, 4) is 0 Å². The quantitative estimate of drug-likeness (QED) is 0.856. The van der Waals surface area contributed by atoms with Gasteiger partial charge in [-0.25, -0.2) is 0 Å². The van der Waals surface area contributed by atoms with Gasteiger partial charge in [0.05, 0.1) is 0 Å². The summed E-state index contributed by atoms with van der Waals surface area (Å²) in [5, 5.41) is 3.52. The Morgan fingerprint density at radius 2 is 1.80 bits per heavy atom. The lowest BCUT2D eigenvalue weighted by molar-refractivity contribution is 0.164. The molecule has 0 bridgehead atoms. The summed E-state index contributed by atoms with van der Waals surface area (Å²) in [6.07, 6.45) is 6.89. The standard InChI is InChI=1S/C18H28N2/c1-19-18(17-7-8-17)14-20-11-9-16(10-12-20)13-15-5-3-2-4-6-15/h2-6,16-19H,7-14H2,1H3. The van der Waals surface area contributed by atoms with E-state index >= 15 is 0 Å². The molecule has 1 aliphatic carbocycles. The number of benzene rings is 1. The summed E-state index contributed by atoms with van der Waals surface area (Å²) in [6, 6.07) is 11.7. The van der Waals surface area contributed by atoms with Crippen molar-refractivity contribution in [2.24, 2.45) is 11.8 Å². The van der Waals surface area contributed by atoms with E-state index in [1.165, 1.54) is 57.3 Å². The maximum absolute atomic E-state index is 3.52. The van der Waals surface area contributed by atoms with Crippen molar-refractivity contribution in [3.63, 3.8) is 0 Å². The molecule has 20 heavy (non-hydrogen) atoms. The Morgan fingerprint density at radius 1 is 1.10 bits per heavy atom. The van der Waals surface area contributed by atoms with Gasteiger partial charge in [-0.2, -0.15) is 0 Å². The lowest BCUT2D eigenvalue weighted by Gasteiger charge is -2.34. The van der Waals surface area contributed by atoms with Crippen LogP contribution in [0.25, 0.3) is 0 Å². The molecule has 3 rings (SSSR count). The van der Waals surface area contributed by atoms with Crippen molar-refractivity contribution in [3.05, 3.63) is 35.9 Å². The van der Waals surface area contributed by atoms with Crippen LogP contribution in [0.3, 0.4) is 0 Å². The van der Waals surface area contributed by atoms with Crippen molar-refractivity contribution in [2.75, 3.05) is 26.7 Å². The lowest BCUT2D eigenvalue weighted by atomic mass is 9.90. The molecule has 1 atom stereocenters. The Hall–Kier alpha value is -0.860. The van der Waals surface area contributed by atoms with Gasteiger partial charge in [-0.3, -0.25) is 0 Å². The Bertz CT molecular complexity index is 391. The normalized spacial score (nSPS) is 22.9. The maximum atomic E-state index is 3.52. The van der Waals surface area contributed by atoms with Crippen molar-refractivity contribution in [1.82, 2.24) is 10.2 Å². The average molecular weight is 272 g/mol. The van der Waals surface area contributed by atoms with Gasteiger partial charge >= 0.3 is 0 Å². The third-order valence-electron chi connectivity index (χ3n) is 5.09. The Labute approximate surface area is 123 Å². The molecule has 2 fully saturated rings. The van der Waals surface area contributed by atoms with Gasteiger partial charge in [-0.15, -0.1) is 0 Å². The lowest BCUT2D eigenvalue weighted by Crippen LogP contribution is -2.44. The monoisotopic (exact) mass is 272 g/mol. The first-order valence-corrected chi connectivity index (χ1v) is 8.28. The highest BCUT2D eigenvalue weighted by molar-refractivity contribution is 5.15. The molecular formula is C18H28N2. The van der Waals surface area contributed by atoms with Gasteiger partial charge in [0.2, 0.25) is 0 Å². The number of nitrogens with zero attached hydrogens (tertiary/aromatic N) is 1. The predicted octanol–water partition coefficient (Wildman–Crippen LogP) is 2.94. The van der Waals surface area contributed by atoms with Crippen molar-refractivity contribution in [1.29, 1.82) is 0 Å². The highest BCUT2D eigenvalue weighted by atomic mass is 15.2. The summed E-state index contributed by atoms with van der Waals surface area (Å²) in [5.41, 5.74) is 1.51. The van der Waals surface area contributed by atoms with Gasteiger partial charge in [-0.1, -0.05) is 30.3 Å². The first-order chi connectivity index (χ1) is 9.85. The fourth-order valence-electron chi connectivity index (χ4n) is 3.57. The number of piperidine rings is 1. The van der Waals surface area contributed by atoms with Crippen LogP contribution in [-0.4, -0.2) is 37.6 Å². The first kappa shape index (κ1) is 14.1. The molecule has 0 spiro atoms. The topological polar surface area (TPSA) is 15.3 Å². The molecule has 0 radical (unpaired) electrons. The van der Waals surface area contributed by atoms with E-state index < -0.39 is 0 Å². The van der Waals surface area contributed by atoms with Crippen molar-refractivity contribution in [2.45, 2.75) is 38.1 Å². The average Bonchev–Trinajstić information content (AvgIpc) is 3.32. The molecule has 2 aliphatic rings. The van der Waals surface area contributed by atoms with Gasteiger partial charge in [0.15, 0.2) is 0 Å². The largest absolute Gasteiger partial charge is 0.315 e. The molecular weight excluding hydrogens is 244 g/mol. The van der Waals surface area contributed by atoms with Crippen LogP contribution < -0.4 is 5.32 Å². The maximum Gasteiger partial charge on any atom is 0.0220 e. The number of rotatable bonds is 6. The van der Waals surface area contributed by atoms with Crippen LogP contribution >= 0.6 is 0 Å². The molecule has 1 saturated carbocycles. The van der Waals surface area contributed by atoms with Crippen LogP contribution in [0.5, 0.6) is 0 Å². The molecule has 1 heterocycles. The molecule has 1 aliphatic heterocycles. The van der Waals surface area contributed by atoms with Crippen LogP contribution in [0.2, 0.25) is 0 Å². The molecule has 1 aromatic carbocycles. The van der Waals surface area contributed by atoms with E-state index in [1.807, 2.05) is 0 Å². The second-order valence-electron chi connectivity index (χ2n) is 6.67. The number of likely N-dealkylation sites (tertiary alicyclic amines) is 1. The van der Waals surface area contributed by atoms with E-state index in [4.69, 9.17) is 0 Å². The van der Waals surface area contributed by atoms with E-state index in [-0.39, 0.29) is 0 Å². The summed E-state index contributed by atoms with van der Waals surface area (Å²) < 4.78 is 0. The smallest absolute Gasteiger partial charge is 0.0220 e. The molecule has 1 saturated heterocycles. The molecule has 2 nitrogen and oxygen atoms in total. The van der Waals surface area contributed by atoms with Gasteiger partial charge in [0.1, 0.15) is 0 Å². The summed E-state index contributed by atoms with van der Waals surface area (Å²) >= 11 is 0. The van der Waals surface area contributed by atoms with Crippen LogP contribution in [-0.2, 0) is 6.42 Å². The zero-order valence-electron chi connectivity index (χ0n) is 12.7. The van der Waals surface area contributed by atoms with E-state index in [0.717, 1.165) is 17.9 Å². The number of hydrogen-bond donors (Lipinski definition) is 1. The van der Waals surface area contributed by atoms with E-state index in [1.54, 1.807) is 0 Å². The Kier molecular flexibility index (Phi) is 4.74. The number of nitrogens with one attached hydrogen (secondary N) is 1. The fourth-order valence-corrected chi connectivity index (χ4v) is 3.57. The zero-order valence-corrected chi connectivity index (χ0v) is 12.7. The predicted molar refractivity (Wildman–Crippen MR) is 84.9 cm³/mol. The number of hydrogen-bond acceptors (Lipinski definition) is 2. The van der Waals surface area contributed by atoms with Gasteiger partial charge in [0.25, 0.3) is 0 Å². The highest BCUT2D eigenvalue weighted by Crippen LogP contribution is 2.33. The summed E-state index contributed by atoms with van der Waals surface area (Å²) in [4.78, 5) is 2.68. The van der Waals surface area contributed by atoms with E-state index in [9.17, 15) is 0 Å². The minimum Gasteiger partial charge on any atom is -0.315 e. The van der Waals surface area contributed by atoms with Gasteiger partial charge in [0, 0.05) is 12.6 Å². The minimum atomic E-state index is 0.737. The number of likely N-dealkylation sites (N-methyl/N-ethyl adjacent to an activating group) is 1.